The summed E-state index contributed by atoms with van der Waals surface area (Å²) in [5.74, 6) is -0.710. The van der Waals surface area contributed by atoms with Gasteiger partial charge in [-0.15, -0.1) is 0 Å². The van der Waals surface area contributed by atoms with Crippen molar-refractivity contribution in [2.24, 2.45) is 5.92 Å². The molecular formula is C11H13N3O5S. The Morgan fingerprint density at radius 1 is 1.45 bits per heavy atom. The highest BCUT2D eigenvalue weighted by Crippen LogP contribution is 2.23. The Hall–Kier alpha value is -1.87. The molecule has 0 N–H and O–H groups in total. The number of carbonyl (C=O) groups is 1. The normalized spacial score (nSPS) is 20.5. The van der Waals surface area contributed by atoms with Crippen LogP contribution in [0.5, 0.6) is 0 Å². The number of carbonyl (C=O) groups excluding carboxylic acids is 1. The van der Waals surface area contributed by atoms with Crippen molar-refractivity contribution in [1.29, 1.82) is 0 Å². The molecule has 0 amide bonds. The molecule has 1 unspecified atom stereocenters. The predicted octanol–water partition coefficient (Wildman–Crippen LogP) is 0.589. The van der Waals surface area contributed by atoms with Gasteiger partial charge < -0.3 is 14.9 Å². The van der Waals surface area contributed by atoms with Crippen molar-refractivity contribution in [1.82, 2.24) is 9.29 Å². The Bertz CT molecular complexity index is 613. The van der Waals surface area contributed by atoms with Crippen molar-refractivity contribution in [2.75, 3.05) is 13.1 Å². The van der Waals surface area contributed by atoms with Crippen molar-refractivity contribution >= 4 is 22.1 Å². The van der Waals surface area contributed by atoms with E-state index in [4.69, 9.17) is 0 Å². The highest BCUT2D eigenvalue weighted by Gasteiger charge is 2.31. The smallest absolute Gasteiger partial charge is 0.358 e. The van der Waals surface area contributed by atoms with Gasteiger partial charge in [-0.25, -0.2) is 8.42 Å². The first-order chi connectivity index (χ1) is 9.45. The van der Waals surface area contributed by atoms with Crippen LogP contribution in [-0.4, -0.2) is 42.0 Å². The SMILES string of the molecule is O=CC1CCCN(S(=O)(=O)c2ccc([N+](=O)[O-])nc2)C1. The zero-order valence-electron chi connectivity index (χ0n) is 10.5. The molecule has 0 spiro atoms. The maximum Gasteiger partial charge on any atom is 0.363 e. The highest BCUT2D eigenvalue weighted by atomic mass is 32.2. The second kappa shape index (κ2) is 5.63. The number of pyridine rings is 1. The quantitative estimate of drug-likeness (QED) is 0.457. The molecule has 9 heteroatoms. The molecule has 0 aliphatic carbocycles. The average Bonchev–Trinajstić information content (AvgIpc) is 2.47. The van der Waals surface area contributed by atoms with E-state index >= 15 is 0 Å². The molecule has 2 rings (SSSR count). The van der Waals surface area contributed by atoms with E-state index in [0.717, 1.165) is 24.6 Å². The van der Waals surface area contributed by atoms with E-state index in [9.17, 15) is 23.3 Å². The van der Waals surface area contributed by atoms with Gasteiger partial charge >= 0.3 is 5.82 Å². The Morgan fingerprint density at radius 3 is 2.75 bits per heavy atom. The standard InChI is InChI=1S/C11H13N3O5S/c15-8-9-2-1-5-13(7-9)20(18,19)10-3-4-11(12-6-10)14(16)17/h3-4,6,8-9H,1-2,5,7H2. The molecule has 0 radical (unpaired) electrons. The van der Waals surface area contributed by atoms with Crippen LogP contribution in [0.15, 0.2) is 23.2 Å². The topological polar surface area (TPSA) is 110 Å². The molecule has 1 aromatic rings. The van der Waals surface area contributed by atoms with Crippen molar-refractivity contribution in [3.63, 3.8) is 0 Å². The third-order valence-corrected chi connectivity index (χ3v) is 5.01. The summed E-state index contributed by atoms with van der Waals surface area (Å²) in [6.07, 6.45) is 3.02. The van der Waals surface area contributed by atoms with E-state index in [1.54, 1.807) is 0 Å². The summed E-state index contributed by atoms with van der Waals surface area (Å²) in [5.41, 5.74) is 0. The molecule has 2 heterocycles. The maximum absolute atomic E-state index is 12.3. The van der Waals surface area contributed by atoms with Gasteiger partial charge in [-0.3, -0.25) is 0 Å². The Balaban J connectivity index is 2.25. The van der Waals surface area contributed by atoms with Crippen LogP contribution in [0.4, 0.5) is 5.82 Å². The second-order valence-corrected chi connectivity index (χ2v) is 6.45. The van der Waals surface area contributed by atoms with Crippen molar-refractivity contribution in [2.45, 2.75) is 17.7 Å². The van der Waals surface area contributed by atoms with Crippen molar-refractivity contribution in [3.8, 4) is 0 Å². The Labute approximate surface area is 115 Å². The summed E-state index contributed by atoms with van der Waals surface area (Å²) in [4.78, 5) is 24.0. The first-order valence-electron chi connectivity index (χ1n) is 6.01. The molecule has 108 valence electrons. The largest absolute Gasteiger partial charge is 0.363 e. The van der Waals surface area contributed by atoms with Gasteiger partial charge in [0.2, 0.25) is 10.0 Å². The van der Waals surface area contributed by atoms with Gasteiger partial charge in [-0.2, -0.15) is 4.31 Å². The van der Waals surface area contributed by atoms with Gasteiger partial charge in [-0.1, -0.05) is 0 Å². The third-order valence-electron chi connectivity index (χ3n) is 3.16. The van der Waals surface area contributed by atoms with E-state index in [1.807, 2.05) is 0 Å². The molecule has 1 saturated heterocycles. The molecular weight excluding hydrogens is 286 g/mol. The molecule has 1 atom stereocenters. The van der Waals surface area contributed by atoms with Crippen molar-refractivity contribution in [3.05, 3.63) is 28.4 Å². The number of piperidine rings is 1. The number of nitrogens with zero attached hydrogens (tertiary/aromatic N) is 3. The number of hydrogen-bond donors (Lipinski definition) is 0. The van der Waals surface area contributed by atoms with Gasteiger partial charge in [0.25, 0.3) is 0 Å². The van der Waals surface area contributed by atoms with Crippen LogP contribution in [0.2, 0.25) is 0 Å². The highest BCUT2D eigenvalue weighted by molar-refractivity contribution is 7.89. The van der Waals surface area contributed by atoms with Crippen LogP contribution in [0.3, 0.4) is 0 Å². The van der Waals surface area contributed by atoms with Crippen molar-refractivity contribution < 1.29 is 18.1 Å². The van der Waals surface area contributed by atoms with Crippen LogP contribution < -0.4 is 0 Å². The van der Waals surface area contributed by atoms with E-state index in [2.05, 4.69) is 4.98 Å². The lowest BCUT2D eigenvalue weighted by molar-refractivity contribution is -0.389. The number of hydrogen-bond acceptors (Lipinski definition) is 6. The van der Waals surface area contributed by atoms with Gasteiger partial charge in [0.15, 0.2) is 6.20 Å². The number of sulfonamides is 1. The molecule has 1 aliphatic rings. The van der Waals surface area contributed by atoms with Gasteiger partial charge in [0, 0.05) is 25.1 Å². The van der Waals surface area contributed by atoms with Crippen LogP contribution in [0.1, 0.15) is 12.8 Å². The molecule has 0 bridgehead atoms. The van der Waals surface area contributed by atoms with E-state index < -0.39 is 20.8 Å². The molecule has 1 aliphatic heterocycles. The maximum atomic E-state index is 12.3. The molecule has 20 heavy (non-hydrogen) atoms. The van der Waals surface area contributed by atoms with Crippen LogP contribution in [-0.2, 0) is 14.8 Å². The second-order valence-electron chi connectivity index (χ2n) is 4.51. The van der Waals surface area contributed by atoms with Gasteiger partial charge in [0.1, 0.15) is 11.2 Å². The summed E-state index contributed by atoms with van der Waals surface area (Å²) in [6, 6.07) is 2.21. The number of nitro groups is 1. The number of rotatable bonds is 4. The number of aromatic nitrogens is 1. The fraction of sp³-hybridized carbons (Fsp3) is 0.455. The number of aldehydes is 1. The molecule has 0 saturated carbocycles. The van der Waals surface area contributed by atoms with E-state index in [0.29, 0.717) is 19.4 Å². The summed E-state index contributed by atoms with van der Waals surface area (Å²) in [5, 5.41) is 10.5. The minimum Gasteiger partial charge on any atom is -0.358 e. The third kappa shape index (κ3) is 2.83. The zero-order chi connectivity index (χ0) is 14.8. The average molecular weight is 299 g/mol. The van der Waals surface area contributed by atoms with Gasteiger partial charge in [0.05, 0.1) is 0 Å². The van der Waals surface area contributed by atoms with E-state index in [-0.39, 0.29) is 17.4 Å². The Kier molecular flexibility index (Phi) is 4.09. The molecule has 8 nitrogen and oxygen atoms in total. The van der Waals surface area contributed by atoms with Crippen LogP contribution in [0.25, 0.3) is 0 Å². The molecule has 1 fully saturated rings. The zero-order valence-corrected chi connectivity index (χ0v) is 11.3. The first-order valence-corrected chi connectivity index (χ1v) is 7.45. The molecule has 0 aromatic carbocycles. The summed E-state index contributed by atoms with van der Waals surface area (Å²) in [6.45, 7) is 0.479. The summed E-state index contributed by atoms with van der Waals surface area (Å²) < 4.78 is 25.9. The summed E-state index contributed by atoms with van der Waals surface area (Å²) in [7, 11) is -3.76. The fourth-order valence-corrected chi connectivity index (χ4v) is 3.57. The van der Waals surface area contributed by atoms with Crippen LogP contribution >= 0.6 is 0 Å². The first kappa shape index (κ1) is 14.5. The van der Waals surface area contributed by atoms with Crippen LogP contribution in [0, 0.1) is 16.0 Å². The minimum atomic E-state index is -3.76. The van der Waals surface area contributed by atoms with E-state index in [1.165, 1.54) is 4.31 Å². The lowest BCUT2D eigenvalue weighted by Crippen LogP contribution is -2.40. The lowest BCUT2D eigenvalue weighted by atomic mass is 10.0. The summed E-state index contributed by atoms with van der Waals surface area (Å²) >= 11 is 0. The lowest BCUT2D eigenvalue weighted by Gasteiger charge is -2.28. The predicted molar refractivity (Wildman–Crippen MR) is 68.4 cm³/mol. The van der Waals surface area contributed by atoms with Gasteiger partial charge in [-0.05, 0) is 28.8 Å². The monoisotopic (exact) mass is 299 g/mol. The minimum absolute atomic E-state index is 0.102. The Morgan fingerprint density at radius 2 is 2.20 bits per heavy atom. The fourth-order valence-electron chi connectivity index (χ4n) is 2.09. The molecule has 1 aromatic heterocycles.